The molecular weight excluding hydrogens is 542 g/mol. The van der Waals surface area contributed by atoms with Crippen molar-refractivity contribution >= 4 is 17.3 Å². The number of fused-ring (bicyclic) bond motifs is 1. The summed E-state index contributed by atoms with van der Waals surface area (Å²) in [5.74, 6) is 1.75. The molecule has 0 saturated heterocycles. The lowest BCUT2D eigenvalue weighted by Gasteiger charge is -2.44. The number of aromatic nitrogens is 1. The fourth-order valence-corrected chi connectivity index (χ4v) is 9.77. The summed E-state index contributed by atoms with van der Waals surface area (Å²) in [4.78, 5) is 17.7. The minimum absolute atomic E-state index is 0.0428. The quantitative estimate of drug-likeness (QED) is 0.253. The van der Waals surface area contributed by atoms with Gasteiger partial charge in [-0.1, -0.05) is 51.5 Å². The van der Waals surface area contributed by atoms with Gasteiger partial charge in [0, 0.05) is 23.9 Å². The van der Waals surface area contributed by atoms with Crippen molar-refractivity contribution in [3.63, 3.8) is 0 Å². The average Bonchev–Trinajstić information content (AvgIpc) is 3.51. The Morgan fingerprint density at radius 2 is 2.02 bits per heavy atom. The third-order valence-corrected chi connectivity index (χ3v) is 12.5. The van der Waals surface area contributed by atoms with E-state index in [1.165, 1.54) is 31.3 Å². The van der Waals surface area contributed by atoms with Crippen molar-refractivity contribution in [2.45, 2.75) is 141 Å². The van der Waals surface area contributed by atoms with Gasteiger partial charge in [-0.15, -0.1) is 11.3 Å². The molecule has 4 saturated carbocycles. The zero-order valence-corrected chi connectivity index (χ0v) is 27.2. The predicted octanol–water partition coefficient (Wildman–Crippen LogP) is 8.14. The van der Waals surface area contributed by atoms with Gasteiger partial charge in [0.2, 0.25) is 0 Å². The van der Waals surface area contributed by atoms with Crippen LogP contribution in [0.2, 0.25) is 0 Å². The first-order valence-electron chi connectivity index (χ1n) is 16.6. The largest absolute Gasteiger partial charge is 0.461 e. The Hall–Kier alpha value is -1.76. The molecule has 0 spiro atoms. The second kappa shape index (κ2) is 13.1. The van der Waals surface area contributed by atoms with Crippen molar-refractivity contribution in [3.8, 4) is 0 Å². The number of aryl methyl sites for hydroxylation is 1. The maximum Gasteiger partial charge on any atom is 0.306 e. The number of aliphatic hydroxyl groups excluding tert-OH is 2. The van der Waals surface area contributed by atoms with Crippen LogP contribution >= 0.6 is 11.3 Å². The summed E-state index contributed by atoms with van der Waals surface area (Å²) in [5.41, 5.74) is 4.55. The van der Waals surface area contributed by atoms with Crippen molar-refractivity contribution in [2.75, 3.05) is 0 Å². The molecule has 0 amide bonds. The van der Waals surface area contributed by atoms with E-state index in [1.54, 1.807) is 11.3 Å². The lowest BCUT2D eigenvalue weighted by atomic mass is 9.60. The number of carbonyl (C=O) groups excluding carboxylic acids is 1. The van der Waals surface area contributed by atoms with Gasteiger partial charge in [0.1, 0.15) is 11.1 Å². The van der Waals surface area contributed by atoms with Gasteiger partial charge in [-0.25, -0.2) is 4.98 Å². The maximum atomic E-state index is 12.8. The molecule has 1 aromatic rings. The molecule has 0 aliphatic heterocycles. The van der Waals surface area contributed by atoms with E-state index in [4.69, 9.17) is 9.72 Å². The summed E-state index contributed by atoms with van der Waals surface area (Å²) in [6.45, 7) is 13.2. The van der Waals surface area contributed by atoms with Gasteiger partial charge in [-0.3, -0.25) is 4.79 Å². The van der Waals surface area contributed by atoms with Crippen LogP contribution in [0.3, 0.4) is 0 Å². The number of esters is 1. The van der Waals surface area contributed by atoms with Crippen LogP contribution in [0.25, 0.3) is 0 Å². The standard InChI is InChI=1S/C36H53NO4S/c1-6-7-10-33(40)41-32(36(18-19-36)34-37-24(3)22-42-34)16-11-23(2)29-14-15-30-26(9-8-17-35(29,30)5)12-13-27-20-28(38)21-31(39)25(27)4/h12-13,22-23,28-32,38-39H,4,6-11,14-21H2,1-3,5H3/b26-12+,27-13-/t23-,28-,29-,30+,31+,32+,35-/m1/s1. The van der Waals surface area contributed by atoms with Gasteiger partial charge in [0.15, 0.2) is 0 Å². The van der Waals surface area contributed by atoms with Crippen LogP contribution in [-0.2, 0) is 14.9 Å². The van der Waals surface area contributed by atoms with Gasteiger partial charge in [0.25, 0.3) is 0 Å². The highest BCUT2D eigenvalue weighted by atomic mass is 32.1. The van der Waals surface area contributed by atoms with Gasteiger partial charge < -0.3 is 14.9 Å². The fourth-order valence-electron chi connectivity index (χ4n) is 8.67. The number of carbonyl (C=O) groups is 1. The van der Waals surface area contributed by atoms with E-state index >= 15 is 0 Å². The molecule has 42 heavy (non-hydrogen) atoms. The van der Waals surface area contributed by atoms with Gasteiger partial charge in [0.05, 0.1) is 17.6 Å². The Bertz CT molecular complexity index is 1190. The van der Waals surface area contributed by atoms with E-state index < -0.39 is 12.2 Å². The van der Waals surface area contributed by atoms with Crippen LogP contribution in [0.1, 0.15) is 121 Å². The zero-order valence-electron chi connectivity index (χ0n) is 26.4. The Kier molecular flexibility index (Phi) is 9.86. The molecule has 4 aliphatic carbocycles. The number of rotatable bonds is 11. The van der Waals surface area contributed by atoms with E-state index in [0.29, 0.717) is 37.0 Å². The van der Waals surface area contributed by atoms with Gasteiger partial charge >= 0.3 is 5.97 Å². The Morgan fingerprint density at radius 1 is 1.24 bits per heavy atom. The Balaban J connectivity index is 1.28. The molecule has 5 rings (SSSR count). The number of ether oxygens (including phenoxy) is 1. The molecule has 7 atom stereocenters. The third kappa shape index (κ3) is 6.51. The Labute approximate surface area is 257 Å². The maximum absolute atomic E-state index is 12.8. The minimum atomic E-state index is -0.643. The fraction of sp³-hybridized carbons (Fsp3) is 0.722. The monoisotopic (exact) mass is 595 g/mol. The highest BCUT2D eigenvalue weighted by Gasteiger charge is 2.55. The van der Waals surface area contributed by atoms with Crippen molar-refractivity contribution < 1.29 is 19.7 Å². The molecular formula is C36H53NO4S. The molecule has 4 fully saturated rings. The van der Waals surface area contributed by atoms with Gasteiger partial charge in [-0.2, -0.15) is 0 Å². The van der Waals surface area contributed by atoms with E-state index in [9.17, 15) is 15.0 Å². The molecule has 1 aromatic heterocycles. The van der Waals surface area contributed by atoms with Crippen molar-refractivity contribution in [1.82, 2.24) is 4.98 Å². The van der Waals surface area contributed by atoms with Crippen molar-refractivity contribution in [2.24, 2.45) is 23.2 Å². The van der Waals surface area contributed by atoms with Gasteiger partial charge in [-0.05, 0) is 112 Å². The number of hydrogen-bond donors (Lipinski definition) is 2. The molecule has 1 heterocycles. The highest BCUT2D eigenvalue weighted by Crippen LogP contribution is 2.60. The summed E-state index contributed by atoms with van der Waals surface area (Å²) in [5, 5.41) is 23.8. The minimum Gasteiger partial charge on any atom is -0.461 e. The number of allylic oxidation sites excluding steroid dienone is 3. The first kappa shape index (κ1) is 31.7. The lowest BCUT2D eigenvalue weighted by Crippen LogP contribution is -2.37. The molecule has 0 aromatic carbocycles. The van der Waals surface area contributed by atoms with E-state index in [0.717, 1.165) is 66.8 Å². The van der Waals surface area contributed by atoms with E-state index in [2.05, 4.69) is 51.8 Å². The van der Waals surface area contributed by atoms with Crippen LogP contribution in [0.15, 0.2) is 40.8 Å². The molecule has 0 radical (unpaired) electrons. The third-order valence-electron chi connectivity index (χ3n) is 11.3. The molecule has 0 unspecified atom stereocenters. The first-order valence-corrected chi connectivity index (χ1v) is 17.5. The second-order valence-electron chi connectivity index (χ2n) is 14.3. The van der Waals surface area contributed by atoms with Crippen LogP contribution < -0.4 is 0 Å². The van der Waals surface area contributed by atoms with Crippen molar-refractivity contribution in [1.29, 1.82) is 0 Å². The van der Waals surface area contributed by atoms with Crippen LogP contribution in [0.4, 0.5) is 0 Å². The molecule has 6 heteroatoms. The van der Waals surface area contributed by atoms with Crippen LogP contribution in [0.5, 0.6) is 0 Å². The topological polar surface area (TPSA) is 79.7 Å². The predicted molar refractivity (Wildman–Crippen MR) is 170 cm³/mol. The van der Waals surface area contributed by atoms with Crippen LogP contribution in [0, 0.1) is 30.1 Å². The van der Waals surface area contributed by atoms with E-state index in [-0.39, 0.29) is 22.9 Å². The normalized spacial score (nSPS) is 33.9. The van der Waals surface area contributed by atoms with Crippen molar-refractivity contribution in [3.05, 3.63) is 51.5 Å². The number of unbranched alkanes of at least 4 members (excludes halogenated alkanes) is 1. The molecule has 0 bridgehead atoms. The zero-order chi connectivity index (χ0) is 30.1. The highest BCUT2D eigenvalue weighted by molar-refractivity contribution is 7.09. The Morgan fingerprint density at radius 3 is 2.71 bits per heavy atom. The SMILES string of the molecule is C=C1/C(=C\C=C2/CCC[C@]3(C)[C@@H]([C@H](C)CC[C@H](OC(=O)CCCC)C4(c5nc(C)cs5)CC4)CC[C@@H]23)C[C@@H](O)C[C@@H]1O. The molecule has 2 N–H and O–H groups in total. The summed E-state index contributed by atoms with van der Waals surface area (Å²) < 4.78 is 6.29. The number of thiazole rings is 1. The molecule has 232 valence electrons. The number of aliphatic hydroxyl groups is 2. The smallest absolute Gasteiger partial charge is 0.306 e. The molecule has 4 aliphatic rings. The van der Waals surface area contributed by atoms with E-state index in [1.807, 2.05) is 0 Å². The molecule has 5 nitrogen and oxygen atoms in total. The first-order chi connectivity index (χ1) is 20.1. The summed E-state index contributed by atoms with van der Waals surface area (Å²) in [7, 11) is 0. The number of hydrogen-bond acceptors (Lipinski definition) is 6. The van der Waals surface area contributed by atoms with Crippen LogP contribution in [-0.4, -0.2) is 39.5 Å². The summed E-state index contributed by atoms with van der Waals surface area (Å²) >= 11 is 1.73. The average molecular weight is 596 g/mol. The lowest BCUT2D eigenvalue weighted by molar-refractivity contribution is -0.151. The number of nitrogens with zero attached hydrogens (tertiary/aromatic N) is 1. The summed E-state index contributed by atoms with van der Waals surface area (Å²) in [6, 6.07) is 0. The summed E-state index contributed by atoms with van der Waals surface area (Å²) in [6.07, 6.45) is 16.8. The second-order valence-corrected chi connectivity index (χ2v) is 15.1.